The largest absolute Gasteiger partial charge is 0.409 e. The van der Waals surface area contributed by atoms with Crippen molar-refractivity contribution in [1.29, 1.82) is 0 Å². The summed E-state index contributed by atoms with van der Waals surface area (Å²) in [7, 11) is -1.96. The summed E-state index contributed by atoms with van der Waals surface area (Å²) in [5.74, 6) is 0. The molecule has 2 fully saturated rings. The van der Waals surface area contributed by atoms with Gasteiger partial charge in [0, 0.05) is 12.0 Å². The molecule has 5 atom stereocenters. The fourth-order valence-electron chi connectivity index (χ4n) is 3.17. The van der Waals surface area contributed by atoms with Crippen molar-refractivity contribution in [3.63, 3.8) is 0 Å². The summed E-state index contributed by atoms with van der Waals surface area (Å²) in [6.07, 6.45) is 0.0415. The van der Waals surface area contributed by atoms with E-state index in [1.54, 1.807) is 0 Å². The minimum Gasteiger partial charge on any atom is -0.409 e. The van der Waals surface area contributed by atoms with Gasteiger partial charge in [-0.25, -0.2) is 0 Å². The summed E-state index contributed by atoms with van der Waals surface area (Å²) in [6, 6.07) is 9.99. The van der Waals surface area contributed by atoms with Crippen LogP contribution in [0.25, 0.3) is 0 Å². The normalized spacial score (nSPS) is 34.5. The molecule has 2 aliphatic heterocycles. The van der Waals surface area contributed by atoms with E-state index >= 15 is 0 Å². The van der Waals surface area contributed by atoms with E-state index in [2.05, 4.69) is 33.9 Å². The maximum Gasteiger partial charge on any atom is 0.192 e. The molecule has 0 amide bonds. The second-order valence-electron chi connectivity index (χ2n) is 9.48. The van der Waals surface area contributed by atoms with E-state index in [1.807, 2.05) is 37.3 Å². The molecule has 152 valence electrons. The molecule has 0 spiro atoms. The third-order valence-corrected chi connectivity index (χ3v) is 10.7. The van der Waals surface area contributed by atoms with E-state index in [9.17, 15) is 5.11 Å². The Bertz CT molecular complexity index is 629. The van der Waals surface area contributed by atoms with Gasteiger partial charge in [0.1, 0.15) is 5.60 Å². The van der Waals surface area contributed by atoms with Gasteiger partial charge in [-0.1, -0.05) is 51.1 Å². The van der Waals surface area contributed by atoms with Crippen LogP contribution in [0.5, 0.6) is 0 Å². The number of aliphatic hydroxyl groups excluding tert-OH is 1. The van der Waals surface area contributed by atoms with Crippen molar-refractivity contribution in [1.82, 2.24) is 0 Å². The Balaban J connectivity index is 1.74. The second-order valence-corrected chi connectivity index (χ2v) is 14.2. The first-order valence-electron chi connectivity index (χ1n) is 9.84. The Hall–Kier alpha value is -0.763. The maximum atomic E-state index is 9.54. The summed E-state index contributed by atoms with van der Waals surface area (Å²) in [5.41, 5.74) is 0.556. The topological polar surface area (TPSA) is 60.5 Å². The van der Waals surface area contributed by atoms with Crippen molar-refractivity contribution in [2.45, 2.75) is 82.5 Å². The van der Waals surface area contributed by atoms with E-state index in [0.717, 1.165) is 5.56 Å². The predicted molar refractivity (Wildman–Crippen MR) is 107 cm³/mol. The number of hydrogen-bond donors (Lipinski definition) is 1. The zero-order chi connectivity index (χ0) is 19.9. The van der Waals surface area contributed by atoms with Gasteiger partial charge in [-0.3, -0.25) is 0 Å². The fraction of sp³-hybridized carbons (Fsp3) is 0.714. The zero-order valence-electron chi connectivity index (χ0n) is 17.4. The summed E-state index contributed by atoms with van der Waals surface area (Å²) in [5, 5.41) is 9.65. The van der Waals surface area contributed by atoms with Crippen molar-refractivity contribution in [2.24, 2.45) is 0 Å². The molecule has 0 saturated carbocycles. The van der Waals surface area contributed by atoms with Gasteiger partial charge in [-0.05, 0) is 25.1 Å². The number of epoxide rings is 1. The molecule has 27 heavy (non-hydrogen) atoms. The van der Waals surface area contributed by atoms with Crippen LogP contribution >= 0.6 is 0 Å². The average Bonchev–Trinajstić information content (AvgIpc) is 3.26. The molecule has 5 nitrogen and oxygen atoms in total. The van der Waals surface area contributed by atoms with Crippen LogP contribution in [-0.4, -0.2) is 50.6 Å². The van der Waals surface area contributed by atoms with Crippen molar-refractivity contribution in [3.05, 3.63) is 35.9 Å². The van der Waals surface area contributed by atoms with Crippen LogP contribution < -0.4 is 0 Å². The highest BCUT2D eigenvalue weighted by atomic mass is 28.4. The maximum absolute atomic E-state index is 9.54. The van der Waals surface area contributed by atoms with Crippen molar-refractivity contribution >= 4 is 8.32 Å². The Kier molecular flexibility index (Phi) is 5.88. The molecule has 2 saturated heterocycles. The van der Waals surface area contributed by atoms with Crippen molar-refractivity contribution in [2.75, 3.05) is 13.2 Å². The lowest BCUT2D eigenvalue weighted by molar-refractivity contribution is -0.255. The van der Waals surface area contributed by atoms with Gasteiger partial charge < -0.3 is 23.7 Å². The van der Waals surface area contributed by atoms with E-state index < -0.39 is 20.2 Å². The van der Waals surface area contributed by atoms with Crippen LogP contribution in [0.2, 0.25) is 18.1 Å². The minimum atomic E-state index is -1.96. The van der Waals surface area contributed by atoms with E-state index in [1.165, 1.54) is 0 Å². The second kappa shape index (κ2) is 7.58. The fourth-order valence-corrected chi connectivity index (χ4v) is 4.50. The lowest BCUT2D eigenvalue weighted by Gasteiger charge is -2.44. The molecule has 1 N–H and O–H groups in total. The molecule has 3 rings (SSSR count). The number of rotatable bonds is 6. The summed E-state index contributed by atoms with van der Waals surface area (Å²) < 4.78 is 24.7. The van der Waals surface area contributed by atoms with Crippen LogP contribution in [0.15, 0.2) is 30.3 Å². The highest BCUT2D eigenvalue weighted by Gasteiger charge is 2.54. The smallest absolute Gasteiger partial charge is 0.192 e. The molecule has 2 aliphatic rings. The summed E-state index contributed by atoms with van der Waals surface area (Å²) in [4.78, 5) is 0. The molecule has 2 heterocycles. The minimum absolute atomic E-state index is 0.00691. The monoisotopic (exact) mass is 394 g/mol. The number of benzene rings is 1. The molecule has 0 aromatic heterocycles. The Morgan fingerprint density at radius 3 is 2.44 bits per heavy atom. The molecule has 6 heteroatoms. The van der Waals surface area contributed by atoms with Crippen LogP contribution in [0, 0.1) is 0 Å². The van der Waals surface area contributed by atoms with E-state index in [-0.39, 0.29) is 30.0 Å². The van der Waals surface area contributed by atoms with Gasteiger partial charge in [-0.15, -0.1) is 0 Å². The lowest BCUT2D eigenvalue weighted by Crippen LogP contribution is -2.52. The number of ether oxygens (including phenoxy) is 3. The van der Waals surface area contributed by atoms with Crippen LogP contribution in [0.4, 0.5) is 0 Å². The van der Waals surface area contributed by atoms with Gasteiger partial charge in [-0.2, -0.15) is 0 Å². The van der Waals surface area contributed by atoms with Crippen LogP contribution in [0.1, 0.15) is 46.0 Å². The first kappa shape index (κ1) is 21.0. The average molecular weight is 395 g/mol. The van der Waals surface area contributed by atoms with Gasteiger partial charge in [0.05, 0.1) is 31.5 Å². The molecule has 0 unspecified atom stereocenters. The quantitative estimate of drug-likeness (QED) is 0.583. The van der Waals surface area contributed by atoms with Crippen LogP contribution in [0.3, 0.4) is 0 Å². The first-order chi connectivity index (χ1) is 12.6. The third kappa shape index (κ3) is 4.63. The van der Waals surface area contributed by atoms with Crippen LogP contribution in [-0.2, 0) is 18.6 Å². The number of hydrogen-bond acceptors (Lipinski definition) is 5. The highest BCUT2D eigenvalue weighted by molar-refractivity contribution is 6.74. The Labute approximate surface area is 164 Å². The number of aliphatic hydroxyl groups is 1. The highest BCUT2D eigenvalue weighted by Crippen LogP contribution is 2.43. The SMILES string of the molecule is CC(C)(C)[Si](C)(C)O[C@@H]1CO[C@@H](c2ccccc2)O[C@H]1C[C@H]1O[C@]1(C)CO. The van der Waals surface area contributed by atoms with Gasteiger partial charge >= 0.3 is 0 Å². The standard InChI is InChI=1S/C21H34O5Si/c1-20(2,3)27(5,6)26-17-13-23-19(15-10-8-7-9-11-15)24-16(17)12-18-21(4,14-22)25-18/h7-11,16-19,22H,12-14H2,1-6H3/t16-,17+,18+,19+,21+/m0/s1. The zero-order valence-corrected chi connectivity index (χ0v) is 18.4. The van der Waals surface area contributed by atoms with Gasteiger partial charge in [0.15, 0.2) is 14.6 Å². The van der Waals surface area contributed by atoms with Gasteiger partial charge in [0.25, 0.3) is 0 Å². The molecule has 0 radical (unpaired) electrons. The third-order valence-electron chi connectivity index (χ3n) is 6.24. The predicted octanol–water partition coefficient (Wildman–Crippen LogP) is 4.03. The summed E-state index contributed by atoms with van der Waals surface area (Å²) >= 11 is 0. The molecule has 0 aliphatic carbocycles. The molecule has 1 aromatic carbocycles. The Morgan fingerprint density at radius 2 is 1.89 bits per heavy atom. The van der Waals surface area contributed by atoms with Crippen molar-refractivity contribution in [3.8, 4) is 0 Å². The molecular weight excluding hydrogens is 360 g/mol. The molecule has 1 aromatic rings. The first-order valence-corrected chi connectivity index (χ1v) is 12.7. The summed E-state index contributed by atoms with van der Waals surface area (Å²) in [6.45, 7) is 13.7. The van der Waals surface area contributed by atoms with E-state index in [0.29, 0.717) is 13.0 Å². The van der Waals surface area contributed by atoms with E-state index in [4.69, 9.17) is 18.6 Å². The molecular formula is C21H34O5Si. The van der Waals surface area contributed by atoms with Gasteiger partial charge in [0.2, 0.25) is 0 Å². The van der Waals surface area contributed by atoms with Crippen molar-refractivity contribution < 1.29 is 23.7 Å². The lowest BCUT2D eigenvalue weighted by atomic mass is 10.0. The Morgan fingerprint density at radius 1 is 1.22 bits per heavy atom. The molecule has 0 bridgehead atoms.